The van der Waals surface area contributed by atoms with Crippen molar-refractivity contribution < 1.29 is 55.0 Å². The van der Waals surface area contributed by atoms with E-state index < -0.39 is 0 Å². The van der Waals surface area contributed by atoms with E-state index in [2.05, 4.69) is 9.34 Å². The Morgan fingerprint density at radius 1 is 1.25 bits per heavy atom. The maximum atomic E-state index is 4.09. The molecule has 0 bridgehead atoms. The second-order valence-electron chi connectivity index (χ2n) is 0. The van der Waals surface area contributed by atoms with Gasteiger partial charge in [-0.2, -0.15) is 0 Å². The SMILES string of the molecule is S=[Te].[Cd].[Hg]. The zero-order valence-corrected chi connectivity index (χ0v) is 14.9. The summed E-state index contributed by atoms with van der Waals surface area (Å²) in [6.07, 6.45) is 0. The van der Waals surface area contributed by atoms with Crippen molar-refractivity contribution in [2.24, 2.45) is 0 Å². The summed E-state index contributed by atoms with van der Waals surface area (Å²) in [6.45, 7) is 0. The molecule has 0 aromatic carbocycles. The number of hydrogen-bond acceptors (Lipinski definition) is 1. The third kappa shape index (κ3) is 8.85. The average molecular weight is 473 g/mol. The summed E-state index contributed by atoms with van der Waals surface area (Å²) >= 11 is 1.53. The molecule has 0 aliphatic heterocycles. The smallest absolute Gasteiger partial charge is 0 e. The van der Waals surface area contributed by atoms with Crippen molar-refractivity contribution in [2.45, 2.75) is 0 Å². The Hall–Kier alpha value is 2.87. The minimum Gasteiger partial charge on any atom is 0 e. The van der Waals surface area contributed by atoms with E-state index in [1.54, 1.807) is 0 Å². The van der Waals surface area contributed by atoms with Gasteiger partial charge in [-0.05, 0) is 0 Å². The molecule has 0 unspecified atom stereocenters. The van der Waals surface area contributed by atoms with Crippen LogP contribution < -0.4 is 0 Å². The zero-order chi connectivity index (χ0) is 2.00. The average Bonchev–Trinajstić information content (AvgIpc) is 1.00. The van der Waals surface area contributed by atoms with Crippen molar-refractivity contribution >= 4 is 29.7 Å². The first-order valence-corrected chi connectivity index (χ1v) is 3.35. The Balaban J connectivity index is -0.00000000500. The summed E-state index contributed by atoms with van der Waals surface area (Å²) in [7, 11) is 4.09. The van der Waals surface area contributed by atoms with Gasteiger partial charge in [-0.1, -0.05) is 0 Å². The third-order valence-corrected chi connectivity index (χ3v) is 0. The molecule has 0 aromatic heterocycles. The summed E-state index contributed by atoms with van der Waals surface area (Å²) in [4.78, 5) is 0. The van der Waals surface area contributed by atoms with Gasteiger partial charge < -0.3 is 0 Å². The molecule has 0 amide bonds. The second kappa shape index (κ2) is 16.9. The maximum Gasteiger partial charge on any atom is 0 e. The van der Waals surface area contributed by atoms with Gasteiger partial charge in [0.1, 0.15) is 0 Å². The molecule has 0 aliphatic rings. The Morgan fingerprint density at radius 2 is 1.25 bits per heavy atom. The molecule has 0 saturated carbocycles. The molecule has 0 N–H and O–H groups in total. The first kappa shape index (κ1) is 15.8. The number of rotatable bonds is 0. The van der Waals surface area contributed by atoms with E-state index in [-0.39, 0.29) is 55.0 Å². The predicted octanol–water partition coefficient (Wildman–Crippen LogP) is 0.262. The Kier molecular flexibility index (Phi) is 66.8. The van der Waals surface area contributed by atoms with E-state index in [9.17, 15) is 0 Å². The van der Waals surface area contributed by atoms with E-state index in [1.165, 1.54) is 20.4 Å². The van der Waals surface area contributed by atoms with Crippen molar-refractivity contribution in [3.05, 3.63) is 0 Å². The summed E-state index contributed by atoms with van der Waals surface area (Å²) in [5.74, 6) is 0. The van der Waals surface area contributed by atoms with Gasteiger partial charge in [0.25, 0.3) is 0 Å². The molecule has 0 spiro atoms. The second-order valence-corrected chi connectivity index (χ2v) is 0. The molecule has 0 saturated heterocycles. The fourth-order valence-corrected chi connectivity index (χ4v) is 0. The molecule has 16 valence electrons. The third-order valence-electron chi connectivity index (χ3n) is 0. The minimum absolute atomic E-state index is 0. The van der Waals surface area contributed by atoms with Crippen LogP contribution in [0, 0.1) is 0 Å². The van der Waals surface area contributed by atoms with Crippen LogP contribution in [0.4, 0.5) is 0 Å². The molecule has 0 fully saturated rings. The normalized spacial score (nSPS) is 1.00. The molecule has 0 nitrogen and oxygen atoms in total. The molecule has 0 aliphatic carbocycles. The van der Waals surface area contributed by atoms with Gasteiger partial charge >= 0.3 is 29.7 Å². The van der Waals surface area contributed by atoms with Crippen LogP contribution in [-0.2, 0) is 55.0 Å². The first-order chi connectivity index (χ1) is 1.00. The van der Waals surface area contributed by atoms with Gasteiger partial charge in [0.15, 0.2) is 0 Å². The molecular weight excluding hydrogens is 473 g/mol. The van der Waals surface area contributed by atoms with Crippen molar-refractivity contribution in [1.82, 2.24) is 0 Å². The fraction of sp³-hybridized carbons (Fsp3) is 0. The van der Waals surface area contributed by atoms with Gasteiger partial charge in [-0.3, -0.25) is 0 Å². The Labute approximate surface area is 82.9 Å². The van der Waals surface area contributed by atoms with Crippen molar-refractivity contribution in [3.63, 3.8) is 0 Å². The van der Waals surface area contributed by atoms with Crippen LogP contribution in [0.1, 0.15) is 0 Å². The maximum absolute atomic E-state index is 4.09. The van der Waals surface area contributed by atoms with Crippen LogP contribution >= 0.6 is 9.34 Å². The van der Waals surface area contributed by atoms with E-state index in [4.69, 9.17) is 0 Å². The Morgan fingerprint density at radius 3 is 1.25 bits per heavy atom. The molecule has 0 rings (SSSR count). The Bertz CT molecular complexity index is 8.00. The van der Waals surface area contributed by atoms with Crippen molar-refractivity contribution in [1.29, 1.82) is 0 Å². The summed E-state index contributed by atoms with van der Waals surface area (Å²) < 4.78 is 0. The predicted molar refractivity (Wildman–Crippen MR) is 13.3 cm³/mol. The van der Waals surface area contributed by atoms with Gasteiger partial charge in [0.05, 0.1) is 0 Å². The largest absolute Gasteiger partial charge is 0 e. The zero-order valence-electron chi connectivity index (χ0n) is 2.23. The molecule has 0 heterocycles. The van der Waals surface area contributed by atoms with Crippen LogP contribution in [0.15, 0.2) is 0 Å². The van der Waals surface area contributed by atoms with E-state index in [0.717, 1.165) is 0 Å². The summed E-state index contributed by atoms with van der Waals surface area (Å²) in [5.41, 5.74) is 0. The molecule has 4 heteroatoms. The molecule has 4 heavy (non-hydrogen) atoms. The van der Waals surface area contributed by atoms with Crippen LogP contribution in [0.3, 0.4) is 0 Å². The van der Waals surface area contributed by atoms with Crippen LogP contribution in [0.2, 0.25) is 0 Å². The van der Waals surface area contributed by atoms with E-state index in [0.29, 0.717) is 0 Å². The van der Waals surface area contributed by atoms with Gasteiger partial charge in [-0.25, -0.2) is 0 Å². The minimum atomic E-state index is 0. The topological polar surface area (TPSA) is 0 Å². The van der Waals surface area contributed by atoms with E-state index in [1.807, 2.05) is 0 Å². The quantitative estimate of drug-likeness (QED) is 0.456. The molecule has 0 radical (unpaired) electrons. The monoisotopic (exact) mass is 478 g/mol. The van der Waals surface area contributed by atoms with Gasteiger partial charge in [0, 0.05) is 55.0 Å². The molecule has 0 aromatic rings. The summed E-state index contributed by atoms with van der Waals surface area (Å²) in [6, 6.07) is 0. The van der Waals surface area contributed by atoms with Crippen LogP contribution in [0.25, 0.3) is 0 Å². The van der Waals surface area contributed by atoms with Crippen molar-refractivity contribution in [3.8, 4) is 0 Å². The van der Waals surface area contributed by atoms with Crippen LogP contribution in [0.5, 0.6) is 0 Å². The van der Waals surface area contributed by atoms with Gasteiger partial charge in [-0.15, -0.1) is 0 Å². The van der Waals surface area contributed by atoms with Gasteiger partial charge in [0.2, 0.25) is 0 Å². The van der Waals surface area contributed by atoms with E-state index >= 15 is 0 Å². The van der Waals surface area contributed by atoms with Crippen molar-refractivity contribution in [2.75, 3.05) is 0 Å². The first-order valence-electron chi connectivity index (χ1n) is 0.167. The standard InChI is InChI=1S/Cd.Hg.STe/c;;1-2. The summed E-state index contributed by atoms with van der Waals surface area (Å²) in [5, 5.41) is 0. The molecular formula is CdHgSTe. The molecule has 0 atom stereocenters. The van der Waals surface area contributed by atoms with Crippen LogP contribution in [-0.4, -0.2) is 20.4 Å². The fourth-order valence-electron chi connectivity index (χ4n) is 0. The number of hydrogen-bond donors (Lipinski definition) is 0.